The maximum absolute atomic E-state index is 10.8. The zero-order valence-electron chi connectivity index (χ0n) is 9.71. The summed E-state index contributed by atoms with van der Waals surface area (Å²) in [5.41, 5.74) is 0.247. The van der Waals surface area contributed by atoms with E-state index in [1.54, 1.807) is 18.0 Å². The summed E-state index contributed by atoms with van der Waals surface area (Å²) in [6.45, 7) is 0.207. The molecule has 7 heteroatoms. The first-order chi connectivity index (χ1) is 8.51. The van der Waals surface area contributed by atoms with Crippen molar-refractivity contribution in [3.63, 3.8) is 0 Å². The largest absolute Gasteiger partial charge is 0.395 e. The van der Waals surface area contributed by atoms with Gasteiger partial charge in [-0.1, -0.05) is 17.7 Å². The van der Waals surface area contributed by atoms with Gasteiger partial charge in [0.2, 0.25) is 0 Å². The first-order valence-corrected chi connectivity index (χ1v) is 5.53. The molecule has 0 aliphatic heterocycles. The summed E-state index contributed by atoms with van der Waals surface area (Å²) in [5, 5.41) is 28.7. The number of nitrogens with zero attached hydrogens (tertiary/aromatic N) is 3. The van der Waals surface area contributed by atoms with Gasteiger partial charge in [0.1, 0.15) is 11.1 Å². The number of rotatable bonds is 5. The van der Waals surface area contributed by atoms with Crippen molar-refractivity contribution in [1.82, 2.24) is 4.90 Å². The number of aliphatic hydroxyl groups is 1. The molecular formula is C11H12ClN3O3. The molecule has 1 rings (SSSR count). The summed E-state index contributed by atoms with van der Waals surface area (Å²) in [5.74, 6) is 0. The highest BCUT2D eigenvalue weighted by molar-refractivity contribution is 6.32. The van der Waals surface area contributed by atoms with Crippen LogP contribution in [0, 0.1) is 21.4 Å². The Hall–Kier alpha value is -1.68. The van der Waals surface area contributed by atoms with Crippen LogP contribution in [-0.2, 0) is 0 Å². The van der Waals surface area contributed by atoms with Gasteiger partial charge in [0.15, 0.2) is 0 Å². The summed E-state index contributed by atoms with van der Waals surface area (Å²) in [6.07, 6.45) is 0. The Morgan fingerprint density at radius 2 is 2.33 bits per heavy atom. The van der Waals surface area contributed by atoms with E-state index in [1.807, 2.05) is 6.07 Å². The molecular weight excluding hydrogens is 258 g/mol. The minimum Gasteiger partial charge on any atom is -0.395 e. The molecule has 1 atom stereocenters. The SMILES string of the molecule is CN(CCO)C(C#N)c1ccc(Cl)c([N+](=O)[O-])c1. The van der Waals surface area contributed by atoms with Gasteiger partial charge in [0.05, 0.1) is 17.6 Å². The Labute approximate surface area is 109 Å². The number of halogens is 1. The number of nitriles is 1. The van der Waals surface area contributed by atoms with Crippen LogP contribution in [0.15, 0.2) is 18.2 Å². The van der Waals surface area contributed by atoms with Crippen LogP contribution in [-0.4, -0.2) is 35.1 Å². The number of hydrogen-bond acceptors (Lipinski definition) is 5. The first-order valence-electron chi connectivity index (χ1n) is 5.15. The Morgan fingerprint density at radius 3 is 2.83 bits per heavy atom. The highest BCUT2D eigenvalue weighted by Gasteiger charge is 2.20. The Kier molecular flexibility index (Phi) is 5.04. The second kappa shape index (κ2) is 6.31. The molecule has 0 aliphatic rings. The fourth-order valence-electron chi connectivity index (χ4n) is 1.55. The van der Waals surface area contributed by atoms with E-state index in [0.29, 0.717) is 12.1 Å². The van der Waals surface area contributed by atoms with Gasteiger partial charge in [-0.05, 0) is 18.7 Å². The number of benzene rings is 1. The van der Waals surface area contributed by atoms with Crippen LogP contribution in [0.3, 0.4) is 0 Å². The second-order valence-electron chi connectivity index (χ2n) is 3.70. The van der Waals surface area contributed by atoms with Crippen molar-refractivity contribution >= 4 is 17.3 Å². The molecule has 1 aromatic carbocycles. The maximum atomic E-state index is 10.8. The van der Waals surface area contributed by atoms with E-state index in [2.05, 4.69) is 0 Å². The van der Waals surface area contributed by atoms with Crippen LogP contribution in [0.25, 0.3) is 0 Å². The van der Waals surface area contributed by atoms with Gasteiger partial charge in [0.25, 0.3) is 5.69 Å². The lowest BCUT2D eigenvalue weighted by molar-refractivity contribution is -0.384. The molecule has 0 spiro atoms. The normalized spacial score (nSPS) is 12.2. The molecule has 0 amide bonds. The lowest BCUT2D eigenvalue weighted by Crippen LogP contribution is -2.26. The van der Waals surface area contributed by atoms with Gasteiger partial charge in [0, 0.05) is 12.6 Å². The average Bonchev–Trinajstić information content (AvgIpc) is 2.32. The molecule has 6 nitrogen and oxygen atoms in total. The van der Waals surface area contributed by atoms with Gasteiger partial charge in [-0.3, -0.25) is 15.0 Å². The maximum Gasteiger partial charge on any atom is 0.288 e. The number of nitro benzene ring substituents is 1. The van der Waals surface area contributed by atoms with Gasteiger partial charge in [-0.15, -0.1) is 0 Å². The monoisotopic (exact) mass is 269 g/mol. The fraction of sp³-hybridized carbons (Fsp3) is 0.364. The van der Waals surface area contributed by atoms with Crippen molar-refractivity contribution in [1.29, 1.82) is 5.26 Å². The highest BCUT2D eigenvalue weighted by Crippen LogP contribution is 2.29. The third-order valence-corrected chi connectivity index (χ3v) is 2.82. The molecule has 0 saturated heterocycles. The molecule has 96 valence electrons. The predicted octanol–water partition coefficient (Wildman–Crippen LogP) is 1.74. The molecule has 0 aliphatic carbocycles. The summed E-state index contributed by atoms with van der Waals surface area (Å²) >= 11 is 5.70. The molecule has 1 N–H and O–H groups in total. The van der Waals surface area contributed by atoms with E-state index in [-0.39, 0.29) is 17.3 Å². The Morgan fingerprint density at radius 1 is 1.67 bits per heavy atom. The zero-order valence-corrected chi connectivity index (χ0v) is 10.5. The zero-order chi connectivity index (χ0) is 13.7. The summed E-state index contributed by atoms with van der Waals surface area (Å²) in [4.78, 5) is 11.8. The topological polar surface area (TPSA) is 90.4 Å². The molecule has 0 fully saturated rings. The van der Waals surface area contributed by atoms with Crippen molar-refractivity contribution < 1.29 is 10.0 Å². The average molecular weight is 270 g/mol. The second-order valence-corrected chi connectivity index (χ2v) is 4.11. The third-order valence-electron chi connectivity index (χ3n) is 2.50. The first kappa shape index (κ1) is 14.4. The van der Waals surface area contributed by atoms with Crippen LogP contribution >= 0.6 is 11.6 Å². The smallest absolute Gasteiger partial charge is 0.288 e. The number of nitro groups is 1. The summed E-state index contributed by atoms with van der Waals surface area (Å²) < 4.78 is 0. The van der Waals surface area contributed by atoms with E-state index in [1.165, 1.54) is 12.1 Å². The number of likely N-dealkylation sites (N-methyl/N-ethyl adjacent to an activating group) is 1. The summed E-state index contributed by atoms with van der Waals surface area (Å²) in [6, 6.07) is 5.62. The number of hydrogen-bond donors (Lipinski definition) is 1. The third kappa shape index (κ3) is 3.17. The quantitative estimate of drug-likeness (QED) is 0.649. The van der Waals surface area contributed by atoms with E-state index in [4.69, 9.17) is 22.0 Å². The molecule has 0 saturated carbocycles. The lowest BCUT2D eigenvalue weighted by Gasteiger charge is -2.21. The molecule has 1 unspecified atom stereocenters. The van der Waals surface area contributed by atoms with Crippen LogP contribution in [0.4, 0.5) is 5.69 Å². The van der Waals surface area contributed by atoms with Gasteiger partial charge in [-0.25, -0.2) is 0 Å². The van der Waals surface area contributed by atoms with Crippen molar-refractivity contribution in [2.45, 2.75) is 6.04 Å². The predicted molar refractivity (Wildman–Crippen MR) is 66.2 cm³/mol. The van der Waals surface area contributed by atoms with E-state index >= 15 is 0 Å². The molecule has 0 radical (unpaired) electrons. The van der Waals surface area contributed by atoms with Crippen molar-refractivity contribution in [3.05, 3.63) is 38.9 Å². The summed E-state index contributed by atoms with van der Waals surface area (Å²) in [7, 11) is 1.66. The minimum absolute atomic E-state index is 0.0326. The van der Waals surface area contributed by atoms with Crippen LogP contribution in [0.5, 0.6) is 0 Å². The van der Waals surface area contributed by atoms with Gasteiger partial charge in [-0.2, -0.15) is 5.26 Å². The van der Waals surface area contributed by atoms with Crippen LogP contribution in [0.2, 0.25) is 5.02 Å². The minimum atomic E-state index is -0.659. The molecule has 0 aromatic heterocycles. The fourth-order valence-corrected chi connectivity index (χ4v) is 1.74. The molecule has 0 heterocycles. The van der Waals surface area contributed by atoms with Crippen molar-refractivity contribution in [2.75, 3.05) is 20.2 Å². The van der Waals surface area contributed by atoms with Gasteiger partial charge >= 0.3 is 0 Å². The number of aliphatic hydroxyl groups excluding tert-OH is 1. The standard InChI is InChI=1S/C11H12ClN3O3/c1-14(4-5-16)11(7-13)8-2-3-9(12)10(6-8)15(17)18/h2-3,6,11,16H,4-5H2,1H3. The van der Waals surface area contributed by atoms with Gasteiger partial charge < -0.3 is 5.11 Å². The Balaban J connectivity index is 3.12. The lowest BCUT2D eigenvalue weighted by atomic mass is 10.1. The van der Waals surface area contributed by atoms with Crippen LogP contribution < -0.4 is 0 Å². The molecule has 18 heavy (non-hydrogen) atoms. The Bertz CT molecular complexity index is 487. The van der Waals surface area contributed by atoms with E-state index in [0.717, 1.165) is 0 Å². The van der Waals surface area contributed by atoms with Crippen molar-refractivity contribution in [2.24, 2.45) is 0 Å². The van der Waals surface area contributed by atoms with E-state index < -0.39 is 11.0 Å². The van der Waals surface area contributed by atoms with E-state index in [9.17, 15) is 10.1 Å². The highest BCUT2D eigenvalue weighted by atomic mass is 35.5. The molecule has 1 aromatic rings. The van der Waals surface area contributed by atoms with Crippen LogP contribution in [0.1, 0.15) is 11.6 Å². The van der Waals surface area contributed by atoms with Crippen molar-refractivity contribution in [3.8, 4) is 6.07 Å². The molecule has 0 bridgehead atoms.